The number of aliphatic hydroxyl groups is 1. The number of fused-ring (bicyclic) bond motifs is 1. The highest BCUT2D eigenvalue weighted by Gasteiger charge is 2.30. The van der Waals surface area contributed by atoms with Crippen molar-refractivity contribution in [2.24, 2.45) is 0 Å². The van der Waals surface area contributed by atoms with E-state index in [1.807, 2.05) is 0 Å². The van der Waals surface area contributed by atoms with Gasteiger partial charge in [-0.15, -0.1) is 12.4 Å². The third-order valence-corrected chi connectivity index (χ3v) is 6.13. The molecular weight excluding hydrogens is 513 g/mol. The lowest BCUT2D eigenvalue weighted by atomic mass is 9.93. The molecule has 198 valence electrons. The normalized spacial score (nSPS) is 13.4. The van der Waals surface area contributed by atoms with E-state index in [4.69, 9.17) is 0 Å². The summed E-state index contributed by atoms with van der Waals surface area (Å²) in [6.07, 6.45) is -1.27. The van der Waals surface area contributed by atoms with Gasteiger partial charge in [0.05, 0.1) is 17.5 Å². The third-order valence-electron chi connectivity index (χ3n) is 6.13. The number of benzene rings is 3. The molecule has 1 aliphatic heterocycles. The number of allylic oxidation sites excluding steroid dienone is 1. The SMILES string of the molecule is CN(C)C(CC(O)c1cccc(C(=O)C(C(=O)c2cccc(F)c2)=C2Nc3ccccc3N2)c1)C(=O)O.Cl. The maximum atomic E-state index is 13.9. The number of aliphatic carboxylic acids is 1. The first-order chi connectivity index (χ1) is 17.7. The zero-order valence-electron chi connectivity index (χ0n) is 20.6. The molecule has 0 fully saturated rings. The Kier molecular flexibility index (Phi) is 9.00. The number of aliphatic hydroxyl groups excluding tert-OH is 1. The molecule has 0 spiro atoms. The fraction of sp³-hybridized carbons (Fsp3) is 0.179. The second-order valence-electron chi connectivity index (χ2n) is 8.91. The molecule has 0 radical (unpaired) electrons. The van der Waals surface area contributed by atoms with E-state index in [9.17, 15) is 29.0 Å². The second-order valence-corrected chi connectivity index (χ2v) is 8.91. The molecular formula is C28H27ClFN3O5. The van der Waals surface area contributed by atoms with E-state index in [1.165, 1.54) is 35.2 Å². The van der Waals surface area contributed by atoms with Crippen molar-refractivity contribution in [1.29, 1.82) is 0 Å². The highest BCUT2D eigenvalue weighted by molar-refractivity contribution is 6.32. The molecule has 38 heavy (non-hydrogen) atoms. The van der Waals surface area contributed by atoms with Crippen LogP contribution in [0.15, 0.2) is 84.2 Å². The summed E-state index contributed by atoms with van der Waals surface area (Å²) >= 11 is 0. The molecule has 4 rings (SSSR count). The van der Waals surface area contributed by atoms with Gasteiger partial charge in [0.15, 0.2) is 0 Å². The summed E-state index contributed by atoms with van der Waals surface area (Å²) in [5, 5.41) is 26.3. The monoisotopic (exact) mass is 539 g/mol. The number of carbonyl (C=O) groups is 3. The molecule has 0 saturated heterocycles. The van der Waals surface area contributed by atoms with Crippen molar-refractivity contribution < 1.29 is 29.0 Å². The van der Waals surface area contributed by atoms with Gasteiger partial charge >= 0.3 is 5.97 Å². The van der Waals surface area contributed by atoms with Gasteiger partial charge in [-0.2, -0.15) is 0 Å². The number of nitrogens with zero attached hydrogens (tertiary/aromatic N) is 1. The number of likely N-dealkylation sites (N-methyl/N-ethyl adjacent to an activating group) is 1. The lowest BCUT2D eigenvalue weighted by Crippen LogP contribution is -2.37. The molecule has 0 aromatic heterocycles. The molecule has 0 aliphatic carbocycles. The average Bonchev–Trinajstić information content (AvgIpc) is 3.30. The van der Waals surface area contributed by atoms with Crippen molar-refractivity contribution in [2.45, 2.75) is 18.6 Å². The van der Waals surface area contributed by atoms with E-state index in [2.05, 4.69) is 10.6 Å². The van der Waals surface area contributed by atoms with Crippen LogP contribution >= 0.6 is 12.4 Å². The molecule has 3 aromatic rings. The second kappa shape index (κ2) is 12.0. The number of hydrogen-bond donors (Lipinski definition) is 4. The number of ketones is 2. The molecule has 10 heteroatoms. The Morgan fingerprint density at radius 3 is 1.95 bits per heavy atom. The maximum Gasteiger partial charge on any atom is 0.321 e. The van der Waals surface area contributed by atoms with Crippen LogP contribution in [0.5, 0.6) is 0 Å². The number of carboxylic acids is 1. The molecule has 8 nitrogen and oxygen atoms in total. The van der Waals surface area contributed by atoms with Gasteiger partial charge in [0.25, 0.3) is 0 Å². The Hall–Kier alpha value is -4.05. The van der Waals surface area contributed by atoms with Crippen molar-refractivity contribution >= 4 is 41.3 Å². The zero-order valence-corrected chi connectivity index (χ0v) is 21.5. The van der Waals surface area contributed by atoms with Gasteiger partial charge in [-0.05, 0) is 50.0 Å². The van der Waals surface area contributed by atoms with Gasteiger partial charge in [-0.25, -0.2) is 4.39 Å². The number of nitrogens with one attached hydrogen (secondary N) is 2. The summed E-state index contributed by atoms with van der Waals surface area (Å²) in [6, 6.07) is 17.4. The number of carbonyl (C=O) groups excluding carboxylic acids is 2. The minimum Gasteiger partial charge on any atom is -0.480 e. The van der Waals surface area contributed by atoms with E-state index in [0.717, 1.165) is 6.07 Å². The van der Waals surface area contributed by atoms with Gasteiger partial charge in [-0.3, -0.25) is 19.3 Å². The summed E-state index contributed by atoms with van der Waals surface area (Å²) in [5.74, 6) is -2.87. The Bertz CT molecular complexity index is 1380. The van der Waals surface area contributed by atoms with Gasteiger partial charge in [0.1, 0.15) is 23.3 Å². The largest absolute Gasteiger partial charge is 0.480 e. The van der Waals surface area contributed by atoms with Crippen LogP contribution in [-0.4, -0.2) is 52.8 Å². The lowest BCUT2D eigenvalue weighted by Gasteiger charge is -2.23. The summed E-state index contributed by atoms with van der Waals surface area (Å²) in [5.41, 5.74) is 1.55. The quantitative estimate of drug-likeness (QED) is 0.136. The first kappa shape index (κ1) is 28.5. The predicted molar refractivity (Wildman–Crippen MR) is 144 cm³/mol. The Balaban J connectivity index is 0.00000400. The van der Waals surface area contributed by atoms with Gasteiger partial charge in [-0.1, -0.05) is 42.5 Å². The number of hydrogen-bond acceptors (Lipinski definition) is 7. The van der Waals surface area contributed by atoms with E-state index in [1.54, 1.807) is 50.5 Å². The number of anilines is 2. The highest BCUT2D eigenvalue weighted by atomic mass is 35.5. The minimum absolute atomic E-state index is 0. The summed E-state index contributed by atoms with van der Waals surface area (Å²) in [7, 11) is 3.20. The Morgan fingerprint density at radius 2 is 1.42 bits per heavy atom. The number of rotatable bonds is 9. The van der Waals surface area contributed by atoms with E-state index in [0.29, 0.717) is 16.9 Å². The van der Waals surface area contributed by atoms with Crippen LogP contribution in [-0.2, 0) is 4.79 Å². The summed E-state index contributed by atoms with van der Waals surface area (Å²) in [4.78, 5) is 40.3. The van der Waals surface area contributed by atoms with Gasteiger partial charge < -0.3 is 20.8 Å². The molecule has 3 aromatic carbocycles. The standard InChI is InChI=1S/C28H26FN3O5.ClH/c1-32(2)22(28(36)37)15-23(33)16-7-5-8-17(13-16)25(34)24(26(35)18-9-6-10-19(29)14-18)27-30-20-11-3-4-12-21(20)31-27;/h3-14,22-23,30-31,33H,15H2,1-2H3,(H,36,37);1H. The molecule has 0 bridgehead atoms. The van der Waals surface area contributed by atoms with Crippen molar-refractivity contribution in [2.75, 3.05) is 24.7 Å². The van der Waals surface area contributed by atoms with Crippen LogP contribution < -0.4 is 10.6 Å². The average molecular weight is 540 g/mol. The van der Waals surface area contributed by atoms with Crippen LogP contribution in [0.1, 0.15) is 38.8 Å². The first-order valence-corrected chi connectivity index (χ1v) is 11.5. The van der Waals surface area contributed by atoms with Crippen LogP contribution in [0, 0.1) is 5.82 Å². The first-order valence-electron chi connectivity index (χ1n) is 11.5. The van der Waals surface area contributed by atoms with Crippen molar-refractivity contribution in [3.8, 4) is 0 Å². The van der Waals surface area contributed by atoms with Crippen LogP contribution in [0.2, 0.25) is 0 Å². The number of halogens is 2. The lowest BCUT2D eigenvalue weighted by molar-refractivity contribution is -0.143. The van der Waals surface area contributed by atoms with Crippen molar-refractivity contribution in [3.63, 3.8) is 0 Å². The van der Waals surface area contributed by atoms with E-state index in [-0.39, 0.29) is 41.3 Å². The molecule has 0 amide bonds. The van der Waals surface area contributed by atoms with Gasteiger partial charge in [0, 0.05) is 17.5 Å². The summed E-state index contributed by atoms with van der Waals surface area (Å²) in [6.45, 7) is 0. The Morgan fingerprint density at radius 1 is 0.868 bits per heavy atom. The van der Waals surface area contributed by atoms with Crippen LogP contribution in [0.4, 0.5) is 15.8 Å². The zero-order chi connectivity index (χ0) is 26.7. The molecule has 2 atom stereocenters. The predicted octanol–water partition coefficient (Wildman–Crippen LogP) is 4.50. The summed E-state index contributed by atoms with van der Waals surface area (Å²) < 4.78 is 13.9. The molecule has 2 unspecified atom stereocenters. The molecule has 0 saturated carbocycles. The topological polar surface area (TPSA) is 119 Å². The fourth-order valence-electron chi connectivity index (χ4n) is 4.14. The third kappa shape index (κ3) is 6.08. The Labute approximate surface area is 225 Å². The van der Waals surface area contributed by atoms with Crippen LogP contribution in [0.25, 0.3) is 0 Å². The minimum atomic E-state index is -1.17. The number of para-hydroxylation sites is 2. The van der Waals surface area contributed by atoms with E-state index < -0.39 is 35.5 Å². The fourth-order valence-corrected chi connectivity index (χ4v) is 4.14. The maximum absolute atomic E-state index is 13.9. The molecule has 1 heterocycles. The van der Waals surface area contributed by atoms with Crippen molar-refractivity contribution in [3.05, 3.63) is 107 Å². The highest BCUT2D eigenvalue weighted by Crippen LogP contribution is 2.33. The van der Waals surface area contributed by atoms with Crippen molar-refractivity contribution in [1.82, 2.24) is 4.90 Å². The number of carboxylic acid groups (broad SMARTS) is 1. The van der Waals surface area contributed by atoms with Gasteiger partial charge in [0.2, 0.25) is 11.6 Å². The molecule has 4 N–H and O–H groups in total. The van der Waals surface area contributed by atoms with Crippen LogP contribution in [0.3, 0.4) is 0 Å². The number of Topliss-reactive ketones (excluding diaryl/α,β-unsaturated/α-hetero) is 2. The van der Waals surface area contributed by atoms with E-state index >= 15 is 0 Å². The smallest absolute Gasteiger partial charge is 0.321 e. The molecule has 1 aliphatic rings.